The molecule has 0 spiro atoms. The molecule has 1 heterocycles. The lowest BCUT2D eigenvalue weighted by atomic mass is 10.1. The Hall–Kier alpha value is -3.68. The Balaban J connectivity index is 1.72. The molecule has 0 radical (unpaired) electrons. The molecule has 0 saturated heterocycles. The van der Waals surface area contributed by atoms with E-state index in [-0.39, 0.29) is 23.9 Å². The van der Waals surface area contributed by atoms with E-state index in [0.717, 1.165) is 11.1 Å². The number of amides is 2. The average molecular weight is 408 g/mol. The third kappa shape index (κ3) is 4.48. The first-order valence-electron chi connectivity index (χ1n) is 9.58. The van der Waals surface area contributed by atoms with Gasteiger partial charge in [0.2, 0.25) is 0 Å². The summed E-state index contributed by atoms with van der Waals surface area (Å²) in [5.41, 5.74) is 6.36. The van der Waals surface area contributed by atoms with Gasteiger partial charge in [-0.3, -0.25) is 25.2 Å². The summed E-state index contributed by atoms with van der Waals surface area (Å²) < 4.78 is 6.78. The van der Waals surface area contributed by atoms with Gasteiger partial charge in [0.25, 0.3) is 17.4 Å². The van der Waals surface area contributed by atoms with Crippen LogP contribution in [0.3, 0.4) is 0 Å². The van der Waals surface area contributed by atoms with Crippen molar-refractivity contribution >= 4 is 22.6 Å². The summed E-state index contributed by atoms with van der Waals surface area (Å²) in [7, 11) is 0. The highest BCUT2D eigenvalue weighted by Gasteiger charge is 2.18. The second kappa shape index (κ2) is 8.77. The van der Waals surface area contributed by atoms with Gasteiger partial charge >= 0.3 is 0 Å². The van der Waals surface area contributed by atoms with Gasteiger partial charge in [0.05, 0.1) is 11.4 Å². The van der Waals surface area contributed by atoms with Crippen LogP contribution in [0.1, 0.15) is 41.5 Å². The van der Waals surface area contributed by atoms with E-state index in [9.17, 15) is 14.4 Å². The number of rotatable bonds is 5. The van der Waals surface area contributed by atoms with Crippen LogP contribution in [-0.4, -0.2) is 28.2 Å². The molecule has 0 unspecified atom stereocenters. The van der Waals surface area contributed by atoms with E-state index in [1.807, 2.05) is 32.0 Å². The maximum Gasteiger partial charge on any atom is 0.290 e. The zero-order chi connectivity index (χ0) is 21.8. The normalized spacial score (nSPS) is 10.8. The molecule has 156 valence electrons. The summed E-state index contributed by atoms with van der Waals surface area (Å²) in [6, 6.07) is 12.2. The number of carbonyl (C=O) groups excluding carboxylic acids is 2. The van der Waals surface area contributed by atoms with E-state index in [1.165, 1.54) is 4.68 Å². The molecule has 0 bridgehead atoms. The number of hydrogen-bond acceptors (Lipinski definition) is 5. The van der Waals surface area contributed by atoms with Crippen molar-refractivity contribution in [1.29, 1.82) is 0 Å². The van der Waals surface area contributed by atoms with Gasteiger partial charge in [-0.25, -0.2) is 4.68 Å². The topological polar surface area (TPSA) is 102 Å². The summed E-state index contributed by atoms with van der Waals surface area (Å²) in [6.07, 6.45) is 0. The van der Waals surface area contributed by atoms with Crippen molar-refractivity contribution in [2.45, 2.75) is 33.7 Å². The van der Waals surface area contributed by atoms with E-state index in [1.54, 1.807) is 38.1 Å². The Kier molecular flexibility index (Phi) is 6.15. The summed E-state index contributed by atoms with van der Waals surface area (Å²) in [5.74, 6) is -0.542. The fourth-order valence-corrected chi connectivity index (χ4v) is 2.95. The number of benzene rings is 2. The molecule has 0 aliphatic rings. The van der Waals surface area contributed by atoms with Crippen molar-refractivity contribution in [1.82, 2.24) is 20.6 Å². The van der Waals surface area contributed by atoms with Crippen molar-refractivity contribution < 1.29 is 14.3 Å². The van der Waals surface area contributed by atoms with Crippen molar-refractivity contribution in [3.8, 4) is 5.75 Å². The number of carbonyl (C=O) groups is 2. The van der Waals surface area contributed by atoms with Crippen LogP contribution >= 0.6 is 0 Å². The molecule has 3 aromatic rings. The first-order chi connectivity index (χ1) is 14.3. The second-order valence-corrected chi connectivity index (χ2v) is 7.30. The molecule has 0 aliphatic carbocycles. The van der Waals surface area contributed by atoms with Crippen LogP contribution < -0.4 is 21.1 Å². The molecule has 2 amide bonds. The molecule has 1 aromatic heterocycles. The average Bonchev–Trinajstić information content (AvgIpc) is 2.72. The number of aromatic nitrogens is 2. The van der Waals surface area contributed by atoms with Crippen LogP contribution in [-0.2, 0) is 4.79 Å². The van der Waals surface area contributed by atoms with Gasteiger partial charge < -0.3 is 4.74 Å². The predicted molar refractivity (Wildman–Crippen MR) is 113 cm³/mol. The smallest absolute Gasteiger partial charge is 0.290 e. The van der Waals surface area contributed by atoms with Crippen LogP contribution in [0.5, 0.6) is 5.75 Å². The Morgan fingerprint density at radius 3 is 2.47 bits per heavy atom. The van der Waals surface area contributed by atoms with Crippen LogP contribution in [0, 0.1) is 13.8 Å². The number of nitrogens with zero attached hydrogens (tertiary/aromatic N) is 2. The lowest BCUT2D eigenvalue weighted by Crippen LogP contribution is -2.44. The highest BCUT2D eigenvalue weighted by atomic mass is 16.5. The largest absolute Gasteiger partial charge is 0.483 e. The number of fused-ring (bicyclic) bond motifs is 1. The zero-order valence-electron chi connectivity index (χ0n) is 17.4. The zero-order valence-corrected chi connectivity index (χ0v) is 17.4. The van der Waals surface area contributed by atoms with Crippen LogP contribution in [0.15, 0.2) is 47.3 Å². The monoisotopic (exact) mass is 408 g/mol. The summed E-state index contributed by atoms with van der Waals surface area (Å²) in [6.45, 7) is 7.16. The minimum absolute atomic E-state index is 0.0506. The first-order valence-corrected chi connectivity index (χ1v) is 9.58. The van der Waals surface area contributed by atoms with Crippen molar-refractivity contribution in [3.63, 3.8) is 0 Å². The minimum atomic E-state index is -0.624. The number of hydrogen-bond donors (Lipinski definition) is 2. The second-order valence-electron chi connectivity index (χ2n) is 7.30. The van der Waals surface area contributed by atoms with E-state index in [4.69, 9.17) is 4.74 Å². The molecule has 8 nitrogen and oxygen atoms in total. The van der Waals surface area contributed by atoms with Crippen LogP contribution in [0.2, 0.25) is 0 Å². The molecule has 8 heteroatoms. The molecule has 30 heavy (non-hydrogen) atoms. The molecule has 0 fully saturated rings. The summed E-state index contributed by atoms with van der Waals surface area (Å²) in [5, 5.41) is 5.00. The molecule has 2 N–H and O–H groups in total. The van der Waals surface area contributed by atoms with Gasteiger partial charge in [-0.1, -0.05) is 30.3 Å². The molecule has 0 atom stereocenters. The Bertz CT molecular complexity index is 1170. The lowest BCUT2D eigenvalue weighted by molar-refractivity contribution is -0.123. The highest BCUT2D eigenvalue weighted by molar-refractivity contribution is 6.05. The number of aryl methyl sites for hydroxylation is 2. The van der Waals surface area contributed by atoms with E-state index < -0.39 is 11.8 Å². The summed E-state index contributed by atoms with van der Waals surface area (Å²) >= 11 is 0. The van der Waals surface area contributed by atoms with E-state index >= 15 is 0 Å². The third-order valence-electron chi connectivity index (χ3n) is 4.55. The lowest BCUT2D eigenvalue weighted by Gasteiger charge is -2.14. The van der Waals surface area contributed by atoms with Gasteiger partial charge in [0, 0.05) is 5.39 Å². The Morgan fingerprint density at radius 1 is 1.07 bits per heavy atom. The number of ether oxygens (including phenoxy) is 1. The van der Waals surface area contributed by atoms with Gasteiger partial charge in [0.15, 0.2) is 12.3 Å². The number of nitrogens with one attached hydrogen (secondary N) is 2. The minimum Gasteiger partial charge on any atom is -0.483 e. The standard InChI is InChI=1S/C22H24N4O4/c1-13(2)26-22(29)17-8-6-5-7-16(17)20(25-26)21(28)24-23-19(27)12-30-18-11-14(3)9-10-15(18)4/h5-11,13H,12H2,1-4H3,(H,23,27)(H,24,28). The van der Waals surface area contributed by atoms with Gasteiger partial charge in [-0.05, 0) is 51.0 Å². The fraction of sp³-hybridized carbons (Fsp3) is 0.273. The maximum atomic E-state index is 12.7. The molecule has 3 rings (SSSR count). The quantitative estimate of drug-likeness (QED) is 0.632. The van der Waals surface area contributed by atoms with Crippen molar-refractivity contribution in [3.05, 3.63) is 69.6 Å². The molecule has 0 aliphatic heterocycles. The SMILES string of the molecule is Cc1ccc(C)c(OCC(=O)NNC(=O)c2nn(C(C)C)c(=O)c3ccccc23)c1. The third-order valence-corrected chi connectivity index (χ3v) is 4.55. The van der Waals surface area contributed by atoms with Crippen LogP contribution in [0.25, 0.3) is 10.8 Å². The maximum absolute atomic E-state index is 12.7. The van der Waals surface area contributed by atoms with E-state index in [2.05, 4.69) is 16.0 Å². The Labute approximate surface area is 173 Å². The van der Waals surface area contributed by atoms with Crippen molar-refractivity contribution in [2.24, 2.45) is 0 Å². The fourth-order valence-electron chi connectivity index (χ4n) is 2.95. The van der Waals surface area contributed by atoms with Gasteiger partial charge in [-0.2, -0.15) is 5.10 Å². The van der Waals surface area contributed by atoms with Crippen molar-refractivity contribution in [2.75, 3.05) is 6.61 Å². The van der Waals surface area contributed by atoms with Gasteiger partial charge in [0.1, 0.15) is 5.75 Å². The van der Waals surface area contributed by atoms with E-state index in [0.29, 0.717) is 16.5 Å². The van der Waals surface area contributed by atoms with Gasteiger partial charge in [-0.15, -0.1) is 0 Å². The van der Waals surface area contributed by atoms with Crippen LogP contribution in [0.4, 0.5) is 0 Å². The summed E-state index contributed by atoms with van der Waals surface area (Å²) in [4.78, 5) is 37.4. The first kappa shape index (κ1) is 21.0. The molecule has 2 aromatic carbocycles. The predicted octanol–water partition coefficient (Wildman–Crippen LogP) is 2.43. The number of hydrazine groups is 1. The molecular formula is C22H24N4O4. The molecule has 0 saturated carbocycles. The molecular weight excluding hydrogens is 384 g/mol. The Morgan fingerprint density at radius 2 is 1.77 bits per heavy atom. The highest BCUT2D eigenvalue weighted by Crippen LogP contribution is 2.19.